The predicted octanol–water partition coefficient (Wildman–Crippen LogP) is 2.27. The van der Waals surface area contributed by atoms with Crippen LogP contribution in [0, 0.1) is 5.92 Å². The lowest BCUT2D eigenvalue weighted by Crippen LogP contribution is -2.41. The van der Waals surface area contributed by atoms with E-state index in [9.17, 15) is 0 Å². The number of hydrogen-bond acceptors (Lipinski definition) is 2. The molecule has 0 atom stereocenters. The Balaban J connectivity index is 2.20. The van der Waals surface area contributed by atoms with Crippen molar-refractivity contribution in [2.75, 3.05) is 19.7 Å². The Morgan fingerprint density at radius 2 is 2.00 bits per heavy atom. The van der Waals surface area contributed by atoms with Crippen LogP contribution < -0.4 is 0 Å². The van der Waals surface area contributed by atoms with Gasteiger partial charge >= 0.3 is 0 Å². The maximum Gasteiger partial charge on any atom is 0.0443 e. The van der Waals surface area contributed by atoms with Gasteiger partial charge in [0.25, 0.3) is 0 Å². The summed E-state index contributed by atoms with van der Waals surface area (Å²) in [6, 6.07) is 0.834. The normalized spacial score (nSPS) is 17.8. The van der Waals surface area contributed by atoms with Crippen LogP contribution in [0.3, 0.4) is 0 Å². The van der Waals surface area contributed by atoms with E-state index in [1.165, 1.54) is 32.2 Å². The molecule has 1 N–H and O–H groups in total. The molecule has 84 valence electrons. The summed E-state index contributed by atoms with van der Waals surface area (Å²) in [5.74, 6) is 0.798. The zero-order valence-corrected chi connectivity index (χ0v) is 9.71. The third-order valence-electron chi connectivity index (χ3n) is 3.19. The van der Waals surface area contributed by atoms with Gasteiger partial charge in [-0.3, -0.25) is 0 Å². The van der Waals surface area contributed by atoms with Crippen LogP contribution in [-0.2, 0) is 0 Å². The van der Waals surface area contributed by atoms with Crippen molar-refractivity contribution < 1.29 is 5.11 Å². The highest BCUT2D eigenvalue weighted by atomic mass is 16.3. The van der Waals surface area contributed by atoms with Gasteiger partial charge in [-0.1, -0.05) is 20.3 Å². The molecule has 0 aromatic rings. The third-order valence-corrected chi connectivity index (χ3v) is 3.19. The average molecular weight is 199 g/mol. The summed E-state index contributed by atoms with van der Waals surface area (Å²) in [5.41, 5.74) is 0. The minimum Gasteiger partial charge on any atom is -0.396 e. The fraction of sp³-hybridized carbons (Fsp3) is 1.00. The van der Waals surface area contributed by atoms with Crippen LogP contribution >= 0.6 is 0 Å². The average Bonchev–Trinajstić information content (AvgIpc) is 2.06. The Hall–Kier alpha value is -0.0800. The molecule has 1 aliphatic rings. The van der Waals surface area contributed by atoms with E-state index < -0.39 is 0 Å². The van der Waals surface area contributed by atoms with Gasteiger partial charge in [0.05, 0.1) is 0 Å². The number of nitrogens with zero attached hydrogens (tertiary/aromatic N) is 1. The molecule has 0 aromatic heterocycles. The van der Waals surface area contributed by atoms with Gasteiger partial charge in [0.2, 0.25) is 0 Å². The molecule has 1 fully saturated rings. The Morgan fingerprint density at radius 3 is 2.43 bits per heavy atom. The second kappa shape index (κ2) is 6.41. The first-order chi connectivity index (χ1) is 6.74. The third kappa shape index (κ3) is 3.97. The maximum atomic E-state index is 8.84. The van der Waals surface area contributed by atoms with Crippen molar-refractivity contribution >= 4 is 0 Å². The van der Waals surface area contributed by atoms with E-state index in [0.29, 0.717) is 6.61 Å². The lowest BCUT2D eigenvalue weighted by molar-refractivity contribution is 0.111. The zero-order valence-electron chi connectivity index (χ0n) is 9.71. The van der Waals surface area contributed by atoms with Gasteiger partial charge in [-0.05, 0) is 38.1 Å². The molecule has 0 amide bonds. The van der Waals surface area contributed by atoms with Crippen molar-refractivity contribution in [3.8, 4) is 0 Å². The molecule has 14 heavy (non-hydrogen) atoms. The Kier molecular flexibility index (Phi) is 5.49. The number of rotatable bonds is 7. The first-order valence-electron chi connectivity index (χ1n) is 6.09. The van der Waals surface area contributed by atoms with E-state index in [1.807, 2.05) is 0 Å². The molecular weight excluding hydrogens is 174 g/mol. The second-order valence-electron chi connectivity index (χ2n) is 4.88. The van der Waals surface area contributed by atoms with E-state index in [4.69, 9.17) is 5.11 Å². The molecular formula is C12H25NO. The minimum absolute atomic E-state index is 0.338. The fourth-order valence-corrected chi connectivity index (χ4v) is 1.93. The Bertz CT molecular complexity index is 143. The van der Waals surface area contributed by atoms with Crippen LogP contribution in [-0.4, -0.2) is 35.7 Å². The highest BCUT2D eigenvalue weighted by molar-refractivity contribution is 4.80. The SMILES string of the molecule is CC(C)CCN(CCCO)C1CCC1. The van der Waals surface area contributed by atoms with Crippen LogP contribution in [0.1, 0.15) is 46.0 Å². The molecule has 0 heterocycles. The van der Waals surface area contributed by atoms with Crippen molar-refractivity contribution in [1.82, 2.24) is 4.90 Å². The monoisotopic (exact) mass is 199 g/mol. The first kappa shape index (κ1) is 12.0. The molecule has 0 unspecified atom stereocenters. The largest absolute Gasteiger partial charge is 0.396 e. The van der Waals surface area contributed by atoms with E-state index in [2.05, 4.69) is 18.7 Å². The summed E-state index contributed by atoms with van der Waals surface area (Å²) in [7, 11) is 0. The van der Waals surface area contributed by atoms with Gasteiger partial charge < -0.3 is 10.0 Å². The fourth-order valence-electron chi connectivity index (χ4n) is 1.93. The van der Waals surface area contributed by atoms with Crippen molar-refractivity contribution in [2.24, 2.45) is 5.92 Å². The van der Waals surface area contributed by atoms with E-state index in [-0.39, 0.29) is 0 Å². The number of aliphatic hydroxyl groups is 1. The zero-order chi connectivity index (χ0) is 10.4. The molecule has 2 nitrogen and oxygen atoms in total. The van der Waals surface area contributed by atoms with Crippen molar-refractivity contribution in [1.29, 1.82) is 0 Å². The van der Waals surface area contributed by atoms with Gasteiger partial charge in [-0.2, -0.15) is 0 Å². The standard InChI is InChI=1S/C12H25NO/c1-11(2)7-9-13(8-4-10-14)12-5-3-6-12/h11-12,14H,3-10H2,1-2H3. The molecule has 0 spiro atoms. The van der Waals surface area contributed by atoms with Crippen LogP contribution in [0.15, 0.2) is 0 Å². The second-order valence-corrected chi connectivity index (χ2v) is 4.88. The minimum atomic E-state index is 0.338. The summed E-state index contributed by atoms with van der Waals surface area (Å²) < 4.78 is 0. The van der Waals surface area contributed by atoms with Gasteiger partial charge in [0, 0.05) is 19.2 Å². The van der Waals surface area contributed by atoms with Crippen molar-refractivity contribution in [3.05, 3.63) is 0 Å². The molecule has 2 heteroatoms. The lowest BCUT2D eigenvalue weighted by Gasteiger charge is -2.38. The first-order valence-corrected chi connectivity index (χ1v) is 6.09. The van der Waals surface area contributed by atoms with Gasteiger partial charge in [0.1, 0.15) is 0 Å². The van der Waals surface area contributed by atoms with Crippen LogP contribution in [0.5, 0.6) is 0 Å². The molecule has 1 rings (SSSR count). The molecule has 0 aliphatic heterocycles. The highest BCUT2D eigenvalue weighted by Crippen LogP contribution is 2.25. The summed E-state index contributed by atoms with van der Waals surface area (Å²) in [6.45, 7) is 7.22. The lowest BCUT2D eigenvalue weighted by atomic mass is 9.91. The predicted molar refractivity (Wildman–Crippen MR) is 60.4 cm³/mol. The topological polar surface area (TPSA) is 23.5 Å². The van der Waals surface area contributed by atoms with Gasteiger partial charge in [0.15, 0.2) is 0 Å². The molecule has 1 saturated carbocycles. The van der Waals surface area contributed by atoms with E-state index >= 15 is 0 Å². The quantitative estimate of drug-likeness (QED) is 0.680. The Labute approximate surface area is 88.3 Å². The molecule has 0 bridgehead atoms. The maximum absolute atomic E-state index is 8.84. The smallest absolute Gasteiger partial charge is 0.0443 e. The van der Waals surface area contributed by atoms with Gasteiger partial charge in [-0.25, -0.2) is 0 Å². The summed E-state index contributed by atoms with van der Waals surface area (Å²) in [4.78, 5) is 2.58. The number of aliphatic hydroxyl groups excluding tert-OH is 1. The Morgan fingerprint density at radius 1 is 1.29 bits per heavy atom. The molecule has 0 radical (unpaired) electrons. The van der Waals surface area contributed by atoms with E-state index in [0.717, 1.165) is 24.9 Å². The summed E-state index contributed by atoms with van der Waals surface area (Å²) in [5, 5.41) is 8.84. The highest BCUT2D eigenvalue weighted by Gasteiger charge is 2.23. The van der Waals surface area contributed by atoms with Crippen LogP contribution in [0.2, 0.25) is 0 Å². The van der Waals surface area contributed by atoms with Crippen molar-refractivity contribution in [2.45, 2.75) is 52.0 Å². The summed E-state index contributed by atoms with van der Waals surface area (Å²) in [6.07, 6.45) is 6.39. The summed E-state index contributed by atoms with van der Waals surface area (Å²) >= 11 is 0. The molecule has 1 aliphatic carbocycles. The van der Waals surface area contributed by atoms with E-state index in [1.54, 1.807) is 0 Å². The van der Waals surface area contributed by atoms with Crippen LogP contribution in [0.25, 0.3) is 0 Å². The molecule has 0 aromatic carbocycles. The number of hydrogen-bond donors (Lipinski definition) is 1. The molecule has 0 saturated heterocycles. The van der Waals surface area contributed by atoms with Gasteiger partial charge in [-0.15, -0.1) is 0 Å². The van der Waals surface area contributed by atoms with Crippen molar-refractivity contribution in [3.63, 3.8) is 0 Å². The van der Waals surface area contributed by atoms with Crippen LogP contribution in [0.4, 0.5) is 0 Å².